The lowest BCUT2D eigenvalue weighted by Gasteiger charge is -2.02. The van der Waals surface area contributed by atoms with Gasteiger partial charge in [0, 0.05) is 5.02 Å². The first kappa shape index (κ1) is 15.3. The summed E-state index contributed by atoms with van der Waals surface area (Å²) >= 11 is 5.96. The smallest absolute Gasteiger partial charge is 0.338 e. The Hall–Kier alpha value is -2.07. The maximum absolute atomic E-state index is 12.0. The van der Waals surface area contributed by atoms with Gasteiger partial charge in [-0.05, 0) is 43.2 Å². The molecule has 0 spiro atoms. The normalized spacial score (nSPS) is 10.4. The van der Waals surface area contributed by atoms with Crippen molar-refractivity contribution in [3.8, 4) is 11.1 Å². The standard InChI is InChI=1S/C16H15ClO4/c1-3-20-15(18)13-9-14(16(19)21-4-2)12-8-6-10(17)5-7-11(12)13/h5-9H,3-4H2,1-2H3. The Balaban J connectivity index is 2.60. The zero-order chi connectivity index (χ0) is 15.4. The fraction of sp³-hybridized carbons (Fsp3) is 0.250. The Morgan fingerprint density at radius 1 is 0.905 bits per heavy atom. The molecule has 2 rings (SSSR count). The van der Waals surface area contributed by atoms with Crippen molar-refractivity contribution in [1.82, 2.24) is 0 Å². The van der Waals surface area contributed by atoms with Crippen molar-refractivity contribution in [3.05, 3.63) is 46.5 Å². The lowest BCUT2D eigenvalue weighted by Crippen LogP contribution is -2.05. The van der Waals surface area contributed by atoms with Gasteiger partial charge in [0.25, 0.3) is 0 Å². The number of carbonyl (C=O) groups excluding carboxylic acids is 2. The van der Waals surface area contributed by atoms with Gasteiger partial charge in [-0.25, -0.2) is 9.59 Å². The van der Waals surface area contributed by atoms with Gasteiger partial charge in [0.1, 0.15) is 0 Å². The molecule has 5 heteroatoms. The molecule has 0 fully saturated rings. The first-order chi connectivity index (χ1) is 10.1. The number of esters is 2. The molecule has 0 atom stereocenters. The molecule has 21 heavy (non-hydrogen) atoms. The average Bonchev–Trinajstić information content (AvgIpc) is 2.71. The van der Waals surface area contributed by atoms with Crippen molar-refractivity contribution in [2.24, 2.45) is 0 Å². The summed E-state index contributed by atoms with van der Waals surface area (Å²) in [6, 6.07) is 8.25. The molecular weight excluding hydrogens is 292 g/mol. The lowest BCUT2D eigenvalue weighted by atomic mass is 10.1. The van der Waals surface area contributed by atoms with E-state index in [0.717, 1.165) is 0 Å². The Bertz CT molecular complexity index is 598. The number of rotatable bonds is 4. The number of hydrogen-bond donors (Lipinski definition) is 0. The van der Waals surface area contributed by atoms with Crippen LogP contribution < -0.4 is 0 Å². The number of carbonyl (C=O) groups is 2. The van der Waals surface area contributed by atoms with E-state index in [1.165, 1.54) is 6.07 Å². The van der Waals surface area contributed by atoms with Crippen LogP contribution in [-0.2, 0) is 9.47 Å². The second kappa shape index (κ2) is 6.59. The number of fused-ring (bicyclic) bond motifs is 1. The fourth-order valence-corrected chi connectivity index (χ4v) is 2.21. The third kappa shape index (κ3) is 3.16. The van der Waals surface area contributed by atoms with Crippen LogP contribution in [0.15, 0.2) is 30.3 Å². The van der Waals surface area contributed by atoms with Gasteiger partial charge in [-0.3, -0.25) is 0 Å². The van der Waals surface area contributed by atoms with E-state index in [2.05, 4.69) is 0 Å². The summed E-state index contributed by atoms with van der Waals surface area (Å²) in [6.45, 7) is 3.98. The second-order valence-electron chi connectivity index (χ2n) is 4.29. The molecule has 0 aromatic carbocycles. The predicted octanol–water partition coefficient (Wildman–Crippen LogP) is 3.80. The van der Waals surface area contributed by atoms with Crippen molar-refractivity contribution < 1.29 is 19.1 Å². The van der Waals surface area contributed by atoms with Crippen LogP contribution in [-0.4, -0.2) is 25.2 Å². The molecule has 2 aliphatic carbocycles. The zero-order valence-corrected chi connectivity index (χ0v) is 12.6. The number of halogens is 1. The van der Waals surface area contributed by atoms with Gasteiger partial charge in [0.05, 0.1) is 24.3 Å². The summed E-state index contributed by atoms with van der Waals surface area (Å²) in [5.74, 6) is -0.944. The molecule has 0 saturated heterocycles. The molecule has 0 unspecified atom stereocenters. The Labute approximate surface area is 128 Å². The summed E-state index contributed by atoms with van der Waals surface area (Å²) in [5.41, 5.74) is 1.90. The first-order valence-electron chi connectivity index (χ1n) is 6.65. The first-order valence-corrected chi connectivity index (χ1v) is 7.02. The van der Waals surface area contributed by atoms with Crippen molar-refractivity contribution >= 4 is 23.5 Å². The van der Waals surface area contributed by atoms with Crippen LogP contribution >= 0.6 is 11.6 Å². The highest BCUT2D eigenvalue weighted by atomic mass is 35.5. The molecule has 0 radical (unpaired) electrons. The SMILES string of the molecule is CCOC(=O)c1cc(C(=O)OCC)c2ccc(Cl)ccc1-2. The molecule has 0 aromatic heterocycles. The van der Waals surface area contributed by atoms with E-state index in [0.29, 0.717) is 27.3 Å². The summed E-state index contributed by atoms with van der Waals surface area (Å²) in [6.07, 6.45) is 0. The van der Waals surface area contributed by atoms with Gasteiger partial charge in [-0.15, -0.1) is 0 Å². The quantitative estimate of drug-likeness (QED) is 0.806. The van der Waals surface area contributed by atoms with Crippen molar-refractivity contribution in [3.63, 3.8) is 0 Å². The van der Waals surface area contributed by atoms with E-state index >= 15 is 0 Å². The highest BCUT2D eigenvalue weighted by Crippen LogP contribution is 2.33. The molecule has 0 aromatic rings. The highest BCUT2D eigenvalue weighted by Gasteiger charge is 2.25. The van der Waals surface area contributed by atoms with Gasteiger partial charge >= 0.3 is 11.9 Å². The monoisotopic (exact) mass is 306 g/mol. The highest BCUT2D eigenvalue weighted by molar-refractivity contribution is 6.30. The van der Waals surface area contributed by atoms with Crippen LogP contribution in [0.4, 0.5) is 0 Å². The number of ether oxygens (including phenoxy) is 2. The Morgan fingerprint density at radius 2 is 1.33 bits per heavy atom. The molecule has 0 N–H and O–H groups in total. The summed E-state index contributed by atoms with van der Waals surface area (Å²) < 4.78 is 10.1. The van der Waals surface area contributed by atoms with Crippen molar-refractivity contribution in [1.29, 1.82) is 0 Å². The summed E-state index contributed by atoms with van der Waals surface area (Å²) in [7, 11) is 0. The van der Waals surface area contributed by atoms with Gasteiger partial charge < -0.3 is 9.47 Å². The van der Waals surface area contributed by atoms with E-state index < -0.39 is 11.9 Å². The fourth-order valence-electron chi connectivity index (χ4n) is 2.09. The average molecular weight is 307 g/mol. The predicted molar refractivity (Wildman–Crippen MR) is 80.0 cm³/mol. The Kier molecular flexibility index (Phi) is 4.81. The second-order valence-corrected chi connectivity index (χ2v) is 4.73. The van der Waals surface area contributed by atoms with Gasteiger partial charge in [0.15, 0.2) is 0 Å². The van der Waals surface area contributed by atoms with Crippen LogP contribution in [0, 0.1) is 0 Å². The molecule has 0 saturated carbocycles. The molecule has 4 nitrogen and oxygen atoms in total. The van der Waals surface area contributed by atoms with Crippen LogP contribution in [0.25, 0.3) is 11.1 Å². The molecule has 2 aliphatic rings. The largest absolute Gasteiger partial charge is 0.462 e. The van der Waals surface area contributed by atoms with Crippen LogP contribution in [0.1, 0.15) is 34.6 Å². The minimum atomic E-state index is -0.472. The van der Waals surface area contributed by atoms with Gasteiger partial charge in [-0.1, -0.05) is 23.7 Å². The molecule has 0 bridgehead atoms. The molecule has 0 amide bonds. The Morgan fingerprint density at radius 3 is 1.71 bits per heavy atom. The maximum Gasteiger partial charge on any atom is 0.338 e. The van der Waals surface area contributed by atoms with Crippen LogP contribution in [0.3, 0.4) is 0 Å². The zero-order valence-electron chi connectivity index (χ0n) is 11.8. The van der Waals surface area contributed by atoms with Crippen molar-refractivity contribution in [2.45, 2.75) is 13.8 Å². The van der Waals surface area contributed by atoms with E-state index in [-0.39, 0.29) is 13.2 Å². The van der Waals surface area contributed by atoms with Gasteiger partial charge in [0.2, 0.25) is 0 Å². The lowest BCUT2D eigenvalue weighted by molar-refractivity contribution is 0.0525. The summed E-state index contributed by atoms with van der Waals surface area (Å²) in [5, 5.41) is 0.510. The van der Waals surface area contributed by atoms with E-state index in [1.807, 2.05) is 0 Å². The number of hydrogen-bond acceptors (Lipinski definition) is 4. The molecule has 110 valence electrons. The van der Waals surface area contributed by atoms with E-state index in [4.69, 9.17) is 21.1 Å². The molecular formula is C16H15ClO4. The third-order valence-electron chi connectivity index (χ3n) is 2.97. The molecule has 0 heterocycles. The van der Waals surface area contributed by atoms with E-state index in [9.17, 15) is 9.59 Å². The molecule has 0 aliphatic heterocycles. The van der Waals surface area contributed by atoms with Crippen LogP contribution in [0.5, 0.6) is 0 Å². The van der Waals surface area contributed by atoms with Crippen LogP contribution in [0.2, 0.25) is 5.02 Å². The minimum absolute atomic E-state index is 0.264. The van der Waals surface area contributed by atoms with E-state index in [1.54, 1.807) is 38.1 Å². The van der Waals surface area contributed by atoms with Crippen molar-refractivity contribution in [2.75, 3.05) is 13.2 Å². The summed E-state index contributed by atoms with van der Waals surface area (Å²) in [4.78, 5) is 24.1. The third-order valence-corrected chi connectivity index (χ3v) is 3.22. The minimum Gasteiger partial charge on any atom is -0.462 e. The van der Waals surface area contributed by atoms with Gasteiger partial charge in [-0.2, -0.15) is 0 Å². The topological polar surface area (TPSA) is 52.6 Å². The maximum atomic E-state index is 12.0.